The van der Waals surface area contributed by atoms with E-state index in [4.69, 9.17) is 15.1 Å². The van der Waals surface area contributed by atoms with Crippen LogP contribution in [0.1, 0.15) is 44.7 Å². The Hall–Kier alpha value is -3.35. The number of aliphatic carboxylic acids is 1. The summed E-state index contributed by atoms with van der Waals surface area (Å²) in [4.78, 5) is 23.7. The van der Waals surface area contributed by atoms with Gasteiger partial charge in [0.25, 0.3) is 0 Å². The molecule has 0 bridgehead atoms. The number of rotatable bonds is 1. The fraction of sp³-hybridized carbons (Fsp3) is 0.348. The number of carboxylic acid groups (broad SMARTS) is 1. The molecule has 1 aliphatic carbocycles. The predicted octanol–water partition coefficient (Wildman–Crippen LogP) is 4.36. The second-order valence-corrected chi connectivity index (χ2v) is 8.21. The molecule has 2 aliphatic rings. The molecule has 1 fully saturated rings. The van der Waals surface area contributed by atoms with E-state index in [2.05, 4.69) is 5.16 Å². The summed E-state index contributed by atoms with van der Waals surface area (Å²) in [6, 6.07) is 15.2. The normalized spacial score (nSPS) is 16.8. The SMILES string of the molecule is CC(C)(C)OC(=O)N1CCCC1C(=O)O.ON=C1c2ccccc2-c2ccccc21. The van der Waals surface area contributed by atoms with E-state index in [-0.39, 0.29) is 0 Å². The fourth-order valence-electron chi connectivity index (χ4n) is 3.66. The van der Waals surface area contributed by atoms with Gasteiger partial charge in [0.15, 0.2) is 0 Å². The monoisotopic (exact) mass is 410 g/mol. The van der Waals surface area contributed by atoms with Crippen molar-refractivity contribution in [3.8, 4) is 11.1 Å². The summed E-state index contributed by atoms with van der Waals surface area (Å²) in [7, 11) is 0. The molecule has 0 radical (unpaired) electrons. The van der Waals surface area contributed by atoms with Crippen molar-refractivity contribution in [3.05, 3.63) is 59.7 Å². The molecule has 2 N–H and O–H groups in total. The quantitative estimate of drug-likeness (QED) is 0.459. The first kappa shape index (κ1) is 21.4. The molecule has 1 atom stereocenters. The van der Waals surface area contributed by atoms with Crippen molar-refractivity contribution in [3.63, 3.8) is 0 Å². The number of amides is 1. The first-order valence-corrected chi connectivity index (χ1v) is 9.86. The van der Waals surface area contributed by atoms with E-state index in [1.807, 2.05) is 48.5 Å². The highest BCUT2D eigenvalue weighted by molar-refractivity contribution is 6.24. The number of hydrogen-bond donors (Lipinski definition) is 2. The number of fused-ring (bicyclic) bond motifs is 3. The summed E-state index contributed by atoms with van der Waals surface area (Å²) in [6.07, 6.45) is 0.692. The maximum absolute atomic E-state index is 11.6. The van der Waals surface area contributed by atoms with E-state index in [1.54, 1.807) is 20.8 Å². The van der Waals surface area contributed by atoms with Crippen molar-refractivity contribution in [1.29, 1.82) is 0 Å². The number of oxime groups is 1. The number of nitrogens with zero attached hydrogens (tertiary/aromatic N) is 2. The molecule has 1 unspecified atom stereocenters. The maximum atomic E-state index is 11.6. The van der Waals surface area contributed by atoms with Gasteiger partial charge in [-0.3, -0.25) is 4.90 Å². The molecule has 4 rings (SSSR count). The Kier molecular flexibility index (Phi) is 6.10. The Morgan fingerprint density at radius 1 is 1.00 bits per heavy atom. The van der Waals surface area contributed by atoms with E-state index < -0.39 is 23.7 Å². The zero-order valence-corrected chi connectivity index (χ0v) is 17.3. The number of carboxylic acids is 1. The van der Waals surface area contributed by atoms with Gasteiger partial charge in [-0.1, -0.05) is 53.7 Å². The van der Waals surface area contributed by atoms with Crippen LogP contribution in [0, 0.1) is 0 Å². The summed E-state index contributed by atoms with van der Waals surface area (Å²) in [5, 5.41) is 21.3. The van der Waals surface area contributed by atoms with Crippen LogP contribution in [0.2, 0.25) is 0 Å². The minimum atomic E-state index is -0.960. The van der Waals surface area contributed by atoms with Crippen molar-refractivity contribution >= 4 is 17.8 Å². The zero-order chi connectivity index (χ0) is 21.9. The third-order valence-electron chi connectivity index (χ3n) is 4.92. The third kappa shape index (κ3) is 4.45. The van der Waals surface area contributed by atoms with E-state index in [0.717, 1.165) is 28.7 Å². The summed E-state index contributed by atoms with van der Waals surface area (Å²) < 4.78 is 5.13. The van der Waals surface area contributed by atoms with Gasteiger partial charge in [0.2, 0.25) is 0 Å². The van der Waals surface area contributed by atoms with E-state index in [9.17, 15) is 9.59 Å². The van der Waals surface area contributed by atoms with E-state index >= 15 is 0 Å². The standard InChI is InChI=1S/C13H9NO.C10H17NO4/c15-14-13-11-7-3-1-5-9(11)10-6-2-4-8-12(10)13;1-10(2,3)15-9(14)11-6-4-5-7(11)8(12)13/h1-8,15H;7H,4-6H2,1-3H3,(H,12,13). The molecular weight excluding hydrogens is 384 g/mol. The molecule has 1 heterocycles. The lowest BCUT2D eigenvalue weighted by Crippen LogP contribution is -2.43. The molecule has 7 heteroatoms. The van der Waals surface area contributed by atoms with Crippen LogP contribution in [0.5, 0.6) is 0 Å². The number of hydrogen-bond acceptors (Lipinski definition) is 5. The average Bonchev–Trinajstić information content (AvgIpc) is 3.30. The number of ether oxygens (including phenoxy) is 1. The third-order valence-corrected chi connectivity index (χ3v) is 4.92. The Bertz CT molecular complexity index is 930. The van der Waals surface area contributed by atoms with Gasteiger partial charge in [0.1, 0.15) is 17.4 Å². The summed E-state index contributed by atoms with van der Waals surface area (Å²) in [5.41, 5.74) is 4.37. The molecule has 2 aromatic rings. The van der Waals surface area contributed by atoms with Gasteiger partial charge in [0, 0.05) is 17.7 Å². The van der Waals surface area contributed by atoms with Gasteiger partial charge in [-0.05, 0) is 44.7 Å². The van der Waals surface area contributed by atoms with Gasteiger partial charge in [-0.25, -0.2) is 9.59 Å². The Morgan fingerprint density at radius 3 is 1.93 bits per heavy atom. The molecule has 7 nitrogen and oxygen atoms in total. The van der Waals surface area contributed by atoms with Crippen LogP contribution in [0.25, 0.3) is 11.1 Å². The molecule has 0 saturated carbocycles. The first-order chi connectivity index (χ1) is 14.2. The lowest BCUT2D eigenvalue weighted by molar-refractivity contribution is -0.142. The van der Waals surface area contributed by atoms with E-state index in [0.29, 0.717) is 18.7 Å². The zero-order valence-electron chi connectivity index (χ0n) is 17.3. The molecule has 1 aliphatic heterocycles. The largest absolute Gasteiger partial charge is 0.480 e. The molecule has 2 aromatic carbocycles. The molecule has 0 spiro atoms. The first-order valence-electron chi connectivity index (χ1n) is 9.86. The molecule has 30 heavy (non-hydrogen) atoms. The second-order valence-electron chi connectivity index (χ2n) is 8.21. The van der Waals surface area contributed by atoms with Gasteiger partial charge in [-0.2, -0.15) is 0 Å². The van der Waals surface area contributed by atoms with Crippen LogP contribution >= 0.6 is 0 Å². The van der Waals surface area contributed by atoms with Gasteiger partial charge < -0.3 is 15.1 Å². The van der Waals surface area contributed by atoms with Crippen molar-refractivity contribution in [2.45, 2.75) is 45.3 Å². The smallest absolute Gasteiger partial charge is 0.411 e. The highest BCUT2D eigenvalue weighted by Gasteiger charge is 2.36. The van der Waals surface area contributed by atoms with Crippen molar-refractivity contribution < 1.29 is 24.6 Å². The van der Waals surface area contributed by atoms with Crippen LogP contribution in [0.4, 0.5) is 4.79 Å². The highest BCUT2D eigenvalue weighted by atomic mass is 16.6. The molecule has 158 valence electrons. The van der Waals surface area contributed by atoms with E-state index in [1.165, 1.54) is 4.90 Å². The molecule has 1 amide bonds. The van der Waals surface area contributed by atoms with Gasteiger partial charge in [-0.15, -0.1) is 0 Å². The summed E-state index contributed by atoms with van der Waals surface area (Å²) >= 11 is 0. The fourth-order valence-corrected chi connectivity index (χ4v) is 3.66. The Balaban J connectivity index is 0.000000171. The van der Waals surface area contributed by atoms with Crippen LogP contribution in [0.15, 0.2) is 53.7 Å². The summed E-state index contributed by atoms with van der Waals surface area (Å²) in [6.45, 7) is 5.75. The number of benzene rings is 2. The number of carbonyl (C=O) groups excluding carboxylic acids is 1. The molecule has 1 saturated heterocycles. The highest BCUT2D eigenvalue weighted by Crippen LogP contribution is 2.36. The molecular formula is C23H26N2O5. The van der Waals surface area contributed by atoms with Crippen molar-refractivity contribution in [2.75, 3.05) is 6.54 Å². The lowest BCUT2D eigenvalue weighted by atomic mass is 10.1. The topological polar surface area (TPSA) is 99.4 Å². The minimum Gasteiger partial charge on any atom is -0.480 e. The minimum absolute atomic E-state index is 0.464. The lowest BCUT2D eigenvalue weighted by Gasteiger charge is -2.26. The van der Waals surface area contributed by atoms with Crippen molar-refractivity contribution in [1.82, 2.24) is 4.90 Å². The molecule has 0 aromatic heterocycles. The van der Waals surface area contributed by atoms with Crippen LogP contribution in [0.3, 0.4) is 0 Å². The maximum Gasteiger partial charge on any atom is 0.411 e. The van der Waals surface area contributed by atoms with Crippen LogP contribution < -0.4 is 0 Å². The van der Waals surface area contributed by atoms with Crippen LogP contribution in [-0.4, -0.2) is 51.2 Å². The van der Waals surface area contributed by atoms with Crippen LogP contribution in [-0.2, 0) is 9.53 Å². The summed E-state index contributed by atoms with van der Waals surface area (Å²) in [5.74, 6) is -0.960. The Morgan fingerprint density at radius 2 is 1.50 bits per heavy atom. The van der Waals surface area contributed by atoms with Gasteiger partial charge in [0.05, 0.1) is 0 Å². The second kappa shape index (κ2) is 8.57. The van der Waals surface area contributed by atoms with Gasteiger partial charge >= 0.3 is 12.1 Å². The predicted molar refractivity (Wildman–Crippen MR) is 113 cm³/mol. The Labute approximate surface area is 175 Å². The number of carbonyl (C=O) groups is 2. The average molecular weight is 410 g/mol. The van der Waals surface area contributed by atoms with Crippen molar-refractivity contribution in [2.24, 2.45) is 5.16 Å². The number of likely N-dealkylation sites (tertiary alicyclic amines) is 1.